The van der Waals surface area contributed by atoms with Crippen molar-refractivity contribution >= 4 is 15.9 Å². The fraction of sp³-hybridized carbons (Fsp3) is 0.720. The van der Waals surface area contributed by atoms with Gasteiger partial charge in [0.1, 0.15) is 0 Å². The molecule has 1 aliphatic heterocycles. The van der Waals surface area contributed by atoms with Crippen LogP contribution in [0.1, 0.15) is 81.5 Å². The van der Waals surface area contributed by atoms with Crippen LogP contribution >= 0.6 is 0 Å². The standard InChI is InChI=1S/C25H36N2O3S/c1-2-23(25-15-18-12-19(16-25)14-20(13-18)17-25)26-24(28)21-6-8-22(9-7-21)31(29,30)27-10-4-3-5-11-27/h6-9,18-20,23H,2-5,10-17H2,1H3,(H,26,28)/t18?,19?,20?,23-,25?/m0/s1. The van der Waals surface area contributed by atoms with Crippen molar-refractivity contribution in [2.75, 3.05) is 13.1 Å². The van der Waals surface area contributed by atoms with Crippen molar-refractivity contribution in [3.05, 3.63) is 29.8 Å². The fourth-order valence-electron chi connectivity index (χ4n) is 7.57. The molecule has 0 spiro atoms. The van der Waals surface area contributed by atoms with Gasteiger partial charge in [-0.1, -0.05) is 13.3 Å². The van der Waals surface area contributed by atoms with Crippen molar-refractivity contribution in [1.82, 2.24) is 9.62 Å². The Morgan fingerprint density at radius 3 is 2.06 bits per heavy atom. The summed E-state index contributed by atoms with van der Waals surface area (Å²) in [5.74, 6) is 2.51. The molecule has 6 rings (SSSR count). The summed E-state index contributed by atoms with van der Waals surface area (Å²) in [6.45, 7) is 3.37. The molecule has 1 aromatic rings. The monoisotopic (exact) mass is 444 g/mol. The molecule has 5 fully saturated rings. The topological polar surface area (TPSA) is 66.5 Å². The molecule has 4 saturated carbocycles. The van der Waals surface area contributed by atoms with Crippen LogP contribution in [0.2, 0.25) is 0 Å². The molecule has 170 valence electrons. The van der Waals surface area contributed by atoms with E-state index in [2.05, 4.69) is 12.2 Å². The molecule has 0 aromatic heterocycles. The van der Waals surface area contributed by atoms with Gasteiger partial charge in [0.25, 0.3) is 5.91 Å². The maximum absolute atomic E-state index is 13.1. The Morgan fingerprint density at radius 2 is 1.55 bits per heavy atom. The Labute approximate surface area is 187 Å². The SMILES string of the molecule is CC[C@H](NC(=O)c1ccc(S(=O)(=O)N2CCCCC2)cc1)C12CC3CC(CC(C3)C1)C2. The molecular formula is C25H36N2O3S. The van der Waals surface area contributed by atoms with E-state index in [0.717, 1.165) is 43.4 Å². The predicted molar refractivity (Wildman–Crippen MR) is 121 cm³/mol. The van der Waals surface area contributed by atoms with Crippen molar-refractivity contribution in [2.45, 2.75) is 82.1 Å². The van der Waals surface area contributed by atoms with Gasteiger partial charge in [0.15, 0.2) is 0 Å². The quantitative estimate of drug-likeness (QED) is 0.698. The number of hydrogen-bond acceptors (Lipinski definition) is 3. The number of piperidine rings is 1. The number of rotatable bonds is 6. The van der Waals surface area contributed by atoms with Crippen molar-refractivity contribution in [3.8, 4) is 0 Å². The van der Waals surface area contributed by atoms with Gasteiger partial charge in [-0.25, -0.2) is 8.42 Å². The van der Waals surface area contributed by atoms with Crippen LogP contribution < -0.4 is 5.32 Å². The number of amides is 1. The Balaban J connectivity index is 1.29. The van der Waals surface area contributed by atoms with Crippen LogP contribution in [0.3, 0.4) is 0 Å². The van der Waals surface area contributed by atoms with E-state index in [1.807, 2.05) is 0 Å². The lowest BCUT2D eigenvalue weighted by molar-refractivity contribution is -0.0727. The van der Waals surface area contributed by atoms with Crippen LogP contribution in [0, 0.1) is 23.2 Å². The van der Waals surface area contributed by atoms with E-state index >= 15 is 0 Å². The van der Waals surface area contributed by atoms with Gasteiger partial charge in [-0.2, -0.15) is 4.31 Å². The molecule has 0 unspecified atom stereocenters. The highest BCUT2D eigenvalue weighted by atomic mass is 32.2. The Kier molecular flexibility index (Phi) is 5.66. The summed E-state index contributed by atoms with van der Waals surface area (Å²) in [5, 5.41) is 3.36. The summed E-state index contributed by atoms with van der Waals surface area (Å²) in [4.78, 5) is 13.4. The van der Waals surface area contributed by atoms with Crippen molar-refractivity contribution in [1.29, 1.82) is 0 Å². The minimum Gasteiger partial charge on any atom is -0.349 e. The predicted octanol–water partition coefficient (Wildman–Crippen LogP) is 4.59. The molecule has 31 heavy (non-hydrogen) atoms. The molecule has 5 aliphatic rings. The number of hydrogen-bond donors (Lipinski definition) is 1. The molecule has 1 saturated heterocycles. The first-order valence-corrected chi connectivity index (χ1v) is 13.7. The summed E-state index contributed by atoms with van der Waals surface area (Å²) < 4.78 is 27.3. The summed E-state index contributed by atoms with van der Waals surface area (Å²) in [6.07, 6.45) is 11.9. The van der Waals surface area contributed by atoms with E-state index in [0.29, 0.717) is 23.5 Å². The van der Waals surface area contributed by atoms with Crippen LogP contribution in [-0.2, 0) is 10.0 Å². The minimum absolute atomic E-state index is 0.0653. The summed E-state index contributed by atoms with van der Waals surface area (Å²) in [6, 6.07) is 6.77. The van der Waals surface area contributed by atoms with Crippen LogP contribution in [-0.4, -0.2) is 37.8 Å². The van der Waals surface area contributed by atoms with Gasteiger partial charge in [-0.05, 0) is 105 Å². The zero-order valence-electron chi connectivity index (χ0n) is 18.7. The number of sulfonamides is 1. The molecule has 1 aromatic carbocycles. The van der Waals surface area contributed by atoms with E-state index < -0.39 is 10.0 Å². The molecule has 1 heterocycles. The summed E-state index contributed by atoms with van der Waals surface area (Å²) >= 11 is 0. The first-order chi connectivity index (χ1) is 14.9. The van der Waals surface area contributed by atoms with Crippen LogP contribution in [0.15, 0.2) is 29.2 Å². The smallest absolute Gasteiger partial charge is 0.251 e. The lowest BCUT2D eigenvalue weighted by Crippen LogP contribution is -2.56. The van der Waals surface area contributed by atoms with E-state index in [1.54, 1.807) is 28.6 Å². The second kappa shape index (κ2) is 8.18. The fourth-order valence-corrected chi connectivity index (χ4v) is 9.08. The zero-order chi connectivity index (χ0) is 21.6. The molecule has 1 atom stereocenters. The van der Waals surface area contributed by atoms with Gasteiger partial charge in [-0.15, -0.1) is 0 Å². The van der Waals surface area contributed by atoms with Gasteiger partial charge >= 0.3 is 0 Å². The number of carbonyl (C=O) groups is 1. The maximum atomic E-state index is 13.1. The molecule has 0 radical (unpaired) electrons. The number of nitrogens with one attached hydrogen (secondary N) is 1. The van der Waals surface area contributed by atoms with Crippen molar-refractivity contribution in [2.24, 2.45) is 23.2 Å². The Bertz CT molecular complexity index is 883. The second-order valence-electron chi connectivity index (χ2n) is 10.7. The number of nitrogens with zero attached hydrogens (tertiary/aromatic N) is 1. The third kappa shape index (κ3) is 3.95. The lowest BCUT2D eigenvalue weighted by atomic mass is 9.47. The van der Waals surface area contributed by atoms with Crippen molar-refractivity contribution < 1.29 is 13.2 Å². The largest absolute Gasteiger partial charge is 0.349 e. The molecular weight excluding hydrogens is 408 g/mol. The number of benzene rings is 1. The van der Waals surface area contributed by atoms with Gasteiger partial charge in [0.2, 0.25) is 10.0 Å². The van der Waals surface area contributed by atoms with E-state index in [9.17, 15) is 13.2 Å². The third-order valence-corrected chi connectivity index (χ3v) is 10.5. The molecule has 1 amide bonds. The Morgan fingerprint density at radius 1 is 1.00 bits per heavy atom. The van der Waals surface area contributed by atoms with Gasteiger partial charge in [0, 0.05) is 24.7 Å². The molecule has 5 nitrogen and oxygen atoms in total. The second-order valence-corrected chi connectivity index (χ2v) is 12.6. The van der Waals surface area contributed by atoms with Gasteiger partial charge in [0.05, 0.1) is 4.90 Å². The van der Waals surface area contributed by atoms with Crippen molar-refractivity contribution in [3.63, 3.8) is 0 Å². The molecule has 6 heteroatoms. The van der Waals surface area contributed by atoms with Gasteiger partial charge in [-0.3, -0.25) is 4.79 Å². The minimum atomic E-state index is -3.46. The summed E-state index contributed by atoms with van der Waals surface area (Å²) in [7, 11) is -3.46. The number of carbonyl (C=O) groups excluding carboxylic acids is 1. The van der Waals surface area contributed by atoms with E-state index in [1.165, 1.54) is 38.5 Å². The molecule has 4 aliphatic carbocycles. The normalized spacial score (nSPS) is 33.9. The first-order valence-electron chi connectivity index (χ1n) is 12.3. The Hall–Kier alpha value is -1.40. The third-order valence-electron chi connectivity index (χ3n) is 8.61. The average Bonchev–Trinajstić information content (AvgIpc) is 2.77. The highest BCUT2D eigenvalue weighted by molar-refractivity contribution is 7.89. The molecule has 4 bridgehead atoms. The van der Waals surface area contributed by atoms with Gasteiger partial charge < -0.3 is 5.32 Å². The highest BCUT2D eigenvalue weighted by Crippen LogP contribution is 2.61. The average molecular weight is 445 g/mol. The lowest BCUT2D eigenvalue weighted by Gasteiger charge is -2.59. The first kappa shape index (κ1) is 21.4. The zero-order valence-corrected chi connectivity index (χ0v) is 19.5. The summed E-state index contributed by atoms with van der Waals surface area (Å²) in [5.41, 5.74) is 0.831. The van der Waals surface area contributed by atoms with Crippen LogP contribution in [0.4, 0.5) is 0 Å². The van der Waals surface area contributed by atoms with Crippen LogP contribution in [0.25, 0.3) is 0 Å². The van der Waals surface area contributed by atoms with E-state index in [4.69, 9.17) is 0 Å². The van der Waals surface area contributed by atoms with E-state index in [-0.39, 0.29) is 17.4 Å². The van der Waals surface area contributed by atoms with Crippen LogP contribution in [0.5, 0.6) is 0 Å². The molecule has 1 N–H and O–H groups in total. The highest BCUT2D eigenvalue weighted by Gasteiger charge is 2.54. The maximum Gasteiger partial charge on any atom is 0.251 e.